The zero-order chi connectivity index (χ0) is 14.3. The van der Waals surface area contributed by atoms with Gasteiger partial charge in [-0.25, -0.2) is 4.98 Å². The molecule has 3 rings (SSSR count). The number of nitrogens with one attached hydrogen (secondary N) is 2. The third kappa shape index (κ3) is 1.97. The number of aromatic nitrogens is 1. The number of benzene rings is 1. The molecular formula is C14H12N4O2. The van der Waals surface area contributed by atoms with Crippen molar-refractivity contribution in [2.24, 2.45) is 0 Å². The highest BCUT2D eigenvalue weighted by Gasteiger charge is 2.26. The van der Waals surface area contributed by atoms with Crippen LogP contribution in [0.2, 0.25) is 0 Å². The molecule has 100 valence electrons. The lowest BCUT2D eigenvalue weighted by atomic mass is 10.1. The summed E-state index contributed by atoms with van der Waals surface area (Å²) >= 11 is 0. The van der Waals surface area contributed by atoms with Gasteiger partial charge in [-0.05, 0) is 36.8 Å². The van der Waals surface area contributed by atoms with Crippen molar-refractivity contribution in [2.75, 3.05) is 11.1 Å². The van der Waals surface area contributed by atoms with Crippen LogP contribution in [0.4, 0.5) is 17.2 Å². The molecule has 0 bridgehead atoms. The lowest BCUT2D eigenvalue weighted by molar-refractivity contribution is 0.0879. The molecule has 1 aliphatic heterocycles. The van der Waals surface area contributed by atoms with Crippen LogP contribution < -0.4 is 16.4 Å². The van der Waals surface area contributed by atoms with Crippen molar-refractivity contribution in [3.63, 3.8) is 0 Å². The monoisotopic (exact) mass is 268 g/mol. The minimum atomic E-state index is -0.380. The maximum Gasteiger partial charge on any atom is 0.259 e. The second-order valence-corrected chi connectivity index (χ2v) is 4.59. The Balaban J connectivity index is 1.92. The maximum atomic E-state index is 11.6. The third-order valence-corrected chi connectivity index (χ3v) is 3.16. The van der Waals surface area contributed by atoms with Gasteiger partial charge in [0.15, 0.2) is 0 Å². The SMILES string of the molecule is Cc1cc(Nc2ccc3c(c2)C(=O)NC3=O)ncc1N. The van der Waals surface area contributed by atoms with Crippen LogP contribution in [-0.4, -0.2) is 16.8 Å². The van der Waals surface area contributed by atoms with Gasteiger partial charge in [-0.2, -0.15) is 0 Å². The average molecular weight is 268 g/mol. The summed E-state index contributed by atoms with van der Waals surface area (Å²) in [5, 5.41) is 5.33. The Morgan fingerprint density at radius 3 is 2.65 bits per heavy atom. The Labute approximate surface area is 115 Å². The van der Waals surface area contributed by atoms with Crippen molar-refractivity contribution < 1.29 is 9.59 Å². The molecular weight excluding hydrogens is 256 g/mol. The van der Waals surface area contributed by atoms with E-state index in [-0.39, 0.29) is 11.8 Å². The molecule has 2 amide bonds. The summed E-state index contributed by atoms with van der Waals surface area (Å²) in [6.45, 7) is 1.89. The van der Waals surface area contributed by atoms with Crippen molar-refractivity contribution in [3.05, 3.63) is 47.2 Å². The fourth-order valence-electron chi connectivity index (χ4n) is 2.03. The van der Waals surface area contributed by atoms with E-state index in [2.05, 4.69) is 15.6 Å². The molecule has 0 aliphatic carbocycles. The first-order chi connectivity index (χ1) is 9.54. The number of aryl methyl sites for hydroxylation is 1. The van der Waals surface area contributed by atoms with Crippen LogP contribution in [0.15, 0.2) is 30.5 Å². The van der Waals surface area contributed by atoms with Crippen molar-refractivity contribution in [1.82, 2.24) is 10.3 Å². The number of anilines is 3. The molecule has 0 fully saturated rings. The smallest absolute Gasteiger partial charge is 0.259 e. The van der Waals surface area contributed by atoms with E-state index in [0.29, 0.717) is 28.3 Å². The Kier molecular flexibility index (Phi) is 2.64. The van der Waals surface area contributed by atoms with Gasteiger partial charge in [0.05, 0.1) is 23.0 Å². The van der Waals surface area contributed by atoms with E-state index in [9.17, 15) is 9.59 Å². The van der Waals surface area contributed by atoms with Crippen LogP contribution in [0.1, 0.15) is 26.3 Å². The number of nitrogens with two attached hydrogens (primary N) is 1. The quantitative estimate of drug-likeness (QED) is 0.719. The van der Waals surface area contributed by atoms with Crippen LogP contribution in [0.25, 0.3) is 0 Å². The molecule has 1 aliphatic rings. The summed E-state index contributed by atoms with van der Waals surface area (Å²) < 4.78 is 0. The van der Waals surface area contributed by atoms with Crippen molar-refractivity contribution >= 4 is 29.0 Å². The summed E-state index contributed by atoms with van der Waals surface area (Å²) in [5.74, 6) is -0.116. The molecule has 0 spiro atoms. The Morgan fingerprint density at radius 1 is 1.15 bits per heavy atom. The van der Waals surface area contributed by atoms with Gasteiger partial charge in [-0.15, -0.1) is 0 Å². The number of carbonyl (C=O) groups is 2. The summed E-state index contributed by atoms with van der Waals surface area (Å²) in [6, 6.07) is 6.78. The Morgan fingerprint density at radius 2 is 1.90 bits per heavy atom. The van der Waals surface area contributed by atoms with E-state index in [4.69, 9.17) is 5.73 Å². The summed E-state index contributed by atoms with van der Waals surface area (Å²) in [5.41, 5.74) is 8.69. The molecule has 20 heavy (non-hydrogen) atoms. The van der Waals surface area contributed by atoms with E-state index in [1.54, 1.807) is 24.4 Å². The first kappa shape index (κ1) is 12.2. The summed E-state index contributed by atoms with van der Waals surface area (Å²) in [4.78, 5) is 27.2. The minimum Gasteiger partial charge on any atom is -0.397 e. The predicted molar refractivity (Wildman–Crippen MR) is 74.9 cm³/mol. The maximum absolute atomic E-state index is 11.6. The van der Waals surface area contributed by atoms with Crippen molar-refractivity contribution in [3.8, 4) is 0 Å². The van der Waals surface area contributed by atoms with Gasteiger partial charge >= 0.3 is 0 Å². The Bertz CT molecular complexity index is 740. The zero-order valence-corrected chi connectivity index (χ0v) is 10.7. The van der Waals surface area contributed by atoms with Gasteiger partial charge in [0.1, 0.15) is 5.82 Å². The number of amides is 2. The van der Waals surface area contributed by atoms with Gasteiger partial charge in [0, 0.05) is 5.69 Å². The second kappa shape index (κ2) is 4.34. The van der Waals surface area contributed by atoms with E-state index < -0.39 is 0 Å². The topological polar surface area (TPSA) is 97.1 Å². The molecule has 6 nitrogen and oxygen atoms in total. The molecule has 2 aromatic rings. The number of rotatable bonds is 2. The third-order valence-electron chi connectivity index (χ3n) is 3.16. The van der Waals surface area contributed by atoms with Crippen molar-refractivity contribution in [1.29, 1.82) is 0 Å². The first-order valence-electron chi connectivity index (χ1n) is 6.03. The molecule has 2 heterocycles. The number of pyridine rings is 1. The van der Waals surface area contributed by atoms with Crippen molar-refractivity contribution in [2.45, 2.75) is 6.92 Å². The van der Waals surface area contributed by atoms with Crippen LogP contribution in [0.5, 0.6) is 0 Å². The highest BCUT2D eigenvalue weighted by molar-refractivity contribution is 6.21. The van der Waals surface area contributed by atoms with E-state index in [0.717, 1.165) is 5.56 Å². The molecule has 0 unspecified atom stereocenters. The predicted octanol–water partition coefficient (Wildman–Crippen LogP) is 1.60. The molecule has 0 radical (unpaired) electrons. The van der Waals surface area contributed by atoms with E-state index >= 15 is 0 Å². The molecule has 1 aromatic heterocycles. The molecule has 6 heteroatoms. The highest BCUT2D eigenvalue weighted by atomic mass is 16.2. The lowest BCUT2D eigenvalue weighted by Crippen LogP contribution is -2.19. The molecule has 0 atom stereocenters. The minimum absolute atomic E-state index is 0.363. The molecule has 4 N–H and O–H groups in total. The van der Waals surface area contributed by atoms with Gasteiger partial charge in [-0.3, -0.25) is 14.9 Å². The first-order valence-corrected chi connectivity index (χ1v) is 6.03. The van der Waals surface area contributed by atoms with Gasteiger partial charge in [0.25, 0.3) is 11.8 Å². The summed E-state index contributed by atoms with van der Waals surface area (Å²) in [6.07, 6.45) is 1.57. The molecule has 1 aromatic carbocycles. The fraction of sp³-hybridized carbons (Fsp3) is 0.0714. The van der Waals surface area contributed by atoms with E-state index in [1.807, 2.05) is 13.0 Å². The van der Waals surface area contributed by atoms with Crippen LogP contribution in [0, 0.1) is 6.92 Å². The standard InChI is InChI=1S/C14H12N4O2/c1-7-4-12(16-6-11(7)15)17-8-2-3-9-10(5-8)14(20)18-13(9)19/h2-6H,15H2,1H3,(H,16,17)(H,18,19,20). The van der Waals surface area contributed by atoms with Gasteiger partial charge in [0.2, 0.25) is 0 Å². The number of fused-ring (bicyclic) bond motifs is 1. The lowest BCUT2D eigenvalue weighted by Gasteiger charge is -2.08. The van der Waals surface area contributed by atoms with Gasteiger partial charge < -0.3 is 11.1 Å². The highest BCUT2D eigenvalue weighted by Crippen LogP contribution is 2.23. The van der Waals surface area contributed by atoms with Crippen LogP contribution >= 0.6 is 0 Å². The van der Waals surface area contributed by atoms with Crippen LogP contribution in [-0.2, 0) is 0 Å². The molecule has 0 saturated heterocycles. The summed E-state index contributed by atoms with van der Waals surface area (Å²) in [7, 11) is 0. The molecule has 0 saturated carbocycles. The zero-order valence-electron chi connectivity index (χ0n) is 10.7. The number of carbonyl (C=O) groups excluding carboxylic acids is 2. The number of nitrogen functional groups attached to an aromatic ring is 1. The number of nitrogens with zero attached hydrogens (tertiary/aromatic N) is 1. The van der Waals surface area contributed by atoms with Gasteiger partial charge in [-0.1, -0.05) is 0 Å². The number of imide groups is 1. The number of hydrogen-bond acceptors (Lipinski definition) is 5. The van der Waals surface area contributed by atoms with E-state index in [1.165, 1.54) is 0 Å². The van der Waals surface area contributed by atoms with Crippen LogP contribution in [0.3, 0.4) is 0 Å². The fourth-order valence-corrected chi connectivity index (χ4v) is 2.03. The largest absolute Gasteiger partial charge is 0.397 e. The average Bonchev–Trinajstić information content (AvgIpc) is 2.69. The normalized spacial score (nSPS) is 13.1. The Hall–Kier alpha value is -2.89. The second-order valence-electron chi connectivity index (χ2n) is 4.59. The number of hydrogen-bond donors (Lipinski definition) is 3.